The summed E-state index contributed by atoms with van der Waals surface area (Å²) in [6.45, 7) is 2.06. The Morgan fingerprint density at radius 2 is 1.68 bits per heavy atom. The molecule has 3 aromatic rings. The Morgan fingerprint density at radius 1 is 1.00 bits per heavy atom. The predicted octanol–water partition coefficient (Wildman–Crippen LogP) is 2.36. The lowest BCUT2D eigenvalue weighted by molar-refractivity contribution is -0.636. The lowest BCUT2D eigenvalue weighted by Crippen LogP contribution is -2.30. The molecule has 0 spiro atoms. The van der Waals surface area contributed by atoms with Crippen molar-refractivity contribution in [1.82, 2.24) is 9.78 Å². The minimum atomic E-state index is 0.550. The minimum absolute atomic E-state index is 0.550. The second-order valence-corrected chi connectivity index (χ2v) is 4.70. The quantitative estimate of drug-likeness (QED) is 0.525. The maximum absolute atomic E-state index is 5.33. The van der Waals surface area contributed by atoms with Gasteiger partial charge in [0.25, 0.3) is 0 Å². The first kappa shape index (κ1) is 11.9. The molecular weight excluding hydrogens is 254 g/mol. The summed E-state index contributed by atoms with van der Waals surface area (Å²) in [7, 11) is 0. The second-order valence-electron chi connectivity index (χ2n) is 4.33. The van der Waals surface area contributed by atoms with Crippen molar-refractivity contribution in [3.05, 3.63) is 66.5 Å². The van der Waals surface area contributed by atoms with Crippen molar-refractivity contribution in [2.45, 2.75) is 12.1 Å². The molecule has 19 heavy (non-hydrogen) atoms. The third kappa shape index (κ3) is 2.22. The first-order valence-corrected chi connectivity index (χ1v) is 6.46. The molecule has 0 saturated carbocycles. The van der Waals surface area contributed by atoms with Crippen LogP contribution in [0.25, 0.3) is 11.4 Å². The Kier molecular flexibility index (Phi) is 3.01. The molecular formula is C15H13N3S. The zero-order valence-corrected chi connectivity index (χ0v) is 11.3. The molecule has 0 N–H and O–H groups in total. The SMILES string of the molecule is Cc1ccccc1-n1c[n+](-c2ccccc2)c([S-])n1. The summed E-state index contributed by atoms with van der Waals surface area (Å²) in [5.41, 5.74) is 3.23. The van der Waals surface area contributed by atoms with E-state index in [4.69, 9.17) is 12.6 Å². The minimum Gasteiger partial charge on any atom is -0.702 e. The van der Waals surface area contributed by atoms with Crippen molar-refractivity contribution in [1.29, 1.82) is 0 Å². The highest BCUT2D eigenvalue weighted by Crippen LogP contribution is 2.12. The van der Waals surface area contributed by atoms with Crippen LogP contribution in [0, 0.1) is 6.92 Å². The number of hydrogen-bond acceptors (Lipinski definition) is 2. The van der Waals surface area contributed by atoms with Crippen LogP contribution < -0.4 is 4.57 Å². The van der Waals surface area contributed by atoms with Crippen LogP contribution in [-0.2, 0) is 12.6 Å². The lowest BCUT2D eigenvalue weighted by Gasteiger charge is -2.00. The average molecular weight is 267 g/mol. The molecule has 1 aromatic heterocycles. The summed E-state index contributed by atoms with van der Waals surface area (Å²) in [5, 5.41) is 4.96. The van der Waals surface area contributed by atoms with E-state index in [9.17, 15) is 0 Å². The number of rotatable bonds is 2. The van der Waals surface area contributed by atoms with Crippen LogP contribution in [-0.4, -0.2) is 9.78 Å². The monoisotopic (exact) mass is 267 g/mol. The molecule has 0 radical (unpaired) electrons. The van der Waals surface area contributed by atoms with Gasteiger partial charge in [-0.3, -0.25) is 0 Å². The summed E-state index contributed by atoms with van der Waals surface area (Å²) in [6.07, 6.45) is 1.92. The highest BCUT2D eigenvalue weighted by atomic mass is 32.1. The smallest absolute Gasteiger partial charge is 0.232 e. The Bertz CT molecular complexity index is 704. The Hall–Kier alpha value is -2.20. The number of aromatic nitrogens is 3. The van der Waals surface area contributed by atoms with Crippen molar-refractivity contribution in [2.24, 2.45) is 0 Å². The molecule has 2 aromatic carbocycles. The Labute approximate surface area is 117 Å². The van der Waals surface area contributed by atoms with Crippen LogP contribution in [0.2, 0.25) is 0 Å². The van der Waals surface area contributed by atoms with Gasteiger partial charge in [-0.1, -0.05) is 41.1 Å². The number of para-hydroxylation sites is 2. The summed E-state index contributed by atoms with van der Waals surface area (Å²) in [5.74, 6) is 0. The highest BCUT2D eigenvalue weighted by Gasteiger charge is 2.13. The van der Waals surface area contributed by atoms with Crippen LogP contribution in [0.5, 0.6) is 0 Å². The van der Waals surface area contributed by atoms with Crippen LogP contribution in [0.1, 0.15) is 5.56 Å². The third-order valence-corrected chi connectivity index (χ3v) is 3.30. The molecule has 0 atom stereocenters. The van der Waals surface area contributed by atoms with E-state index < -0.39 is 0 Å². The molecule has 0 bridgehead atoms. The maximum Gasteiger partial charge on any atom is 0.232 e. The molecule has 0 amide bonds. The average Bonchev–Trinajstić information content (AvgIpc) is 2.82. The lowest BCUT2D eigenvalue weighted by atomic mass is 10.2. The standard InChI is InChI=1S/C15H13N3S/c1-12-7-5-6-10-14(12)18-11-17(15(19)16-18)13-8-3-2-4-9-13/h2-11H,1H3. The topological polar surface area (TPSA) is 21.7 Å². The van der Waals surface area contributed by atoms with Gasteiger partial charge in [0, 0.05) is 5.10 Å². The number of hydrogen-bond donors (Lipinski definition) is 0. The van der Waals surface area contributed by atoms with E-state index in [2.05, 4.69) is 18.1 Å². The van der Waals surface area contributed by atoms with Gasteiger partial charge < -0.3 is 12.6 Å². The molecule has 0 saturated heterocycles. The van der Waals surface area contributed by atoms with Gasteiger partial charge in [-0.2, -0.15) is 0 Å². The van der Waals surface area contributed by atoms with Gasteiger partial charge in [0.1, 0.15) is 11.4 Å². The maximum atomic E-state index is 5.33. The molecule has 0 aliphatic carbocycles. The largest absolute Gasteiger partial charge is 0.702 e. The number of aryl methyl sites for hydroxylation is 1. The zero-order chi connectivity index (χ0) is 13.2. The van der Waals surface area contributed by atoms with Gasteiger partial charge in [-0.05, 0) is 30.7 Å². The first-order valence-electron chi connectivity index (χ1n) is 6.05. The van der Waals surface area contributed by atoms with E-state index in [0.29, 0.717) is 5.16 Å². The summed E-state index contributed by atoms with van der Waals surface area (Å²) < 4.78 is 3.73. The fraction of sp³-hybridized carbons (Fsp3) is 0.0667. The van der Waals surface area contributed by atoms with Gasteiger partial charge in [-0.15, -0.1) is 0 Å². The molecule has 3 rings (SSSR count). The Morgan fingerprint density at radius 3 is 2.42 bits per heavy atom. The summed E-state index contributed by atoms with van der Waals surface area (Å²) in [4.78, 5) is 0. The zero-order valence-electron chi connectivity index (χ0n) is 10.5. The number of nitrogens with zero attached hydrogens (tertiary/aromatic N) is 3. The fourth-order valence-corrected chi connectivity index (χ4v) is 2.27. The third-order valence-electron chi connectivity index (χ3n) is 3.02. The second kappa shape index (κ2) is 4.82. The fourth-order valence-electron chi connectivity index (χ4n) is 2.03. The predicted molar refractivity (Wildman–Crippen MR) is 75.5 cm³/mol. The molecule has 94 valence electrons. The molecule has 0 unspecified atom stereocenters. The van der Waals surface area contributed by atoms with Crippen LogP contribution >= 0.6 is 0 Å². The first-order chi connectivity index (χ1) is 9.25. The summed E-state index contributed by atoms with van der Waals surface area (Å²) >= 11 is 5.33. The molecule has 0 fully saturated rings. The van der Waals surface area contributed by atoms with E-state index in [1.165, 1.54) is 5.56 Å². The van der Waals surface area contributed by atoms with Crippen LogP contribution in [0.15, 0.2) is 66.1 Å². The van der Waals surface area contributed by atoms with Gasteiger partial charge in [0.15, 0.2) is 5.16 Å². The normalized spacial score (nSPS) is 10.6. The van der Waals surface area contributed by atoms with Gasteiger partial charge >= 0.3 is 0 Å². The number of benzene rings is 2. The van der Waals surface area contributed by atoms with Crippen molar-refractivity contribution in [2.75, 3.05) is 0 Å². The van der Waals surface area contributed by atoms with E-state index in [-0.39, 0.29) is 0 Å². The molecule has 3 nitrogen and oxygen atoms in total. The van der Waals surface area contributed by atoms with Crippen molar-refractivity contribution >= 4 is 12.6 Å². The van der Waals surface area contributed by atoms with E-state index in [0.717, 1.165) is 11.4 Å². The molecule has 4 heteroatoms. The Balaban J connectivity index is 2.10. The van der Waals surface area contributed by atoms with Gasteiger partial charge in [0.2, 0.25) is 6.33 Å². The van der Waals surface area contributed by atoms with Crippen molar-refractivity contribution in [3.63, 3.8) is 0 Å². The van der Waals surface area contributed by atoms with Gasteiger partial charge in [-0.25, -0.2) is 4.57 Å². The summed E-state index contributed by atoms with van der Waals surface area (Å²) in [6, 6.07) is 18.1. The van der Waals surface area contributed by atoms with Crippen molar-refractivity contribution in [3.8, 4) is 11.4 Å². The molecule has 1 heterocycles. The van der Waals surface area contributed by atoms with E-state index in [1.54, 1.807) is 0 Å². The van der Waals surface area contributed by atoms with Crippen LogP contribution in [0.3, 0.4) is 0 Å². The van der Waals surface area contributed by atoms with Gasteiger partial charge in [0.05, 0.1) is 0 Å². The molecule has 0 aliphatic heterocycles. The van der Waals surface area contributed by atoms with Crippen molar-refractivity contribution < 1.29 is 4.57 Å². The van der Waals surface area contributed by atoms with Crippen LogP contribution in [0.4, 0.5) is 0 Å². The highest BCUT2D eigenvalue weighted by molar-refractivity contribution is 7.58. The van der Waals surface area contributed by atoms with E-state index >= 15 is 0 Å². The molecule has 0 aliphatic rings. The van der Waals surface area contributed by atoms with E-state index in [1.807, 2.05) is 64.1 Å².